The first kappa shape index (κ1) is 25.1. The van der Waals surface area contributed by atoms with Gasteiger partial charge in [0.25, 0.3) is 11.1 Å². The number of rotatable bonds is 5. The summed E-state index contributed by atoms with van der Waals surface area (Å²) in [6.07, 6.45) is 0. The van der Waals surface area contributed by atoms with Gasteiger partial charge in [-0.25, -0.2) is 0 Å². The predicted octanol–water partition coefficient (Wildman–Crippen LogP) is 2.36. The van der Waals surface area contributed by atoms with E-state index >= 15 is 0 Å². The fourth-order valence-electron chi connectivity index (χ4n) is 1.69. The van der Waals surface area contributed by atoms with E-state index in [0.29, 0.717) is 15.9 Å². The zero-order chi connectivity index (χ0) is 22.0. The average Bonchev–Trinajstić information content (AvgIpc) is 2.66. The standard InChI is InChI=1S/C10H6Cl3NO3.C8H9ClN2S/c11-5-2-1-3-6(4-5)14-9(15)7(12)8(13)10(16)17;9-7-3-1-6(2-4-7)5-12-8(10)11/h1-4H,(H,14,15)(H,16,17);1-4H,5H2,(H3,10,11)/b8-7+;. The molecule has 0 atom stereocenters. The highest BCUT2D eigenvalue weighted by molar-refractivity contribution is 8.12. The number of nitrogens with two attached hydrogens (primary N) is 2. The number of carbonyl (C=O) groups excluding carboxylic acids is 2. The number of amides is 1. The Morgan fingerprint density at radius 3 is 2.17 bits per heavy atom. The van der Waals surface area contributed by atoms with Crippen molar-refractivity contribution in [2.75, 3.05) is 5.32 Å². The molecule has 0 aliphatic rings. The minimum atomic E-state index is -1.72. The number of hydrogen-bond acceptors (Lipinski definition) is 4. The summed E-state index contributed by atoms with van der Waals surface area (Å²) < 4.78 is 0. The van der Waals surface area contributed by atoms with Crippen LogP contribution in [0.2, 0.25) is 10.0 Å². The fraction of sp³-hybridized carbons (Fsp3) is 0.0556. The average molecular weight is 495 g/mol. The van der Waals surface area contributed by atoms with Crippen LogP contribution in [-0.4, -0.2) is 17.0 Å². The van der Waals surface area contributed by atoms with Crippen molar-refractivity contribution in [1.29, 1.82) is 0 Å². The zero-order valence-corrected chi connectivity index (χ0v) is 18.5. The molecule has 5 N–H and O–H groups in total. The van der Waals surface area contributed by atoms with Gasteiger partial charge in [0.15, 0.2) is 0 Å². The van der Waals surface area contributed by atoms with Crippen molar-refractivity contribution in [3.05, 3.63) is 74.2 Å². The Labute approximate surface area is 191 Å². The van der Waals surface area contributed by atoms with Crippen LogP contribution >= 0.6 is 58.2 Å². The van der Waals surface area contributed by atoms with Crippen LogP contribution < -0.4 is 21.6 Å². The van der Waals surface area contributed by atoms with E-state index in [0.717, 1.165) is 16.3 Å². The normalized spacial score (nSPS) is 10.9. The lowest BCUT2D eigenvalue weighted by atomic mass is 10.2. The first-order chi connectivity index (χ1) is 13.6. The SMILES string of the molecule is NC(=[NH2+])SCc1ccc(Cl)cc1.O=C([O-])/C(Cl)=C(\Cl)C(=O)Nc1cccc(Cl)c1. The first-order valence-electron chi connectivity index (χ1n) is 7.68. The Morgan fingerprint density at radius 1 is 1.03 bits per heavy atom. The van der Waals surface area contributed by atoms with Gasteiger partial charge in [-0.05, 0) is 47.7 Å². The molecule has 0 saturated carbocycles. The lowest BCUT2D eigenvalue weighted by molar-refractivity contribution is -0.298. The topological polar surface area (TPSA) is 121 Å². The van der Waals surface area contributed by atoms with Gasteiger partial charge in [-0.15, -0.1) is 0 Å². The molecule has 6 nitrogen and oxygen atoms in total. The van der Waals surface area contributed by atoms with Crippen molar-refractivity contribution in [3.63, 3.8) is 0 Å². The maximum Gasteiger partial charge on any atom is 0.300 e. The molecular formula is C18H15Cl4N3O3S. The van der Waals surface area contributed by atoms with Crippen LogP contribution in [0.25, 0.3) is 0 Å². The summed E-state index contributed by atoms with van der Waals surface area (Å²) in [5, 5.41) is 18.0. The molecule has 11 heteroatoms. The lowest BCUT2D eigenvalue weighted by Gasteiger charge is -2.06. The third-order valence-electron chi connectivity index (χ3n) is 2.97. The number of halogens is 4. The van der Waals surface area contributed by atoms with Crippen LogP contribution in [0.1, 0.15) is 5.56 Å². The van der Waals surface area contributed by atoms with Crippen LogP contribution in [0.4, 0.5) is 5.69 Å². The summed E-state index contributed by atoms with van der Waals surface area (Å²) in [5.74, 6) is -1.79. The van der Waals surface area contributed by atoms with Gasteiger partial charge in [-0.1, -0.05) is 64.6 Å². The minimum Gasteiger partial charge on any atom is -0.544 e. The molecule has 0 heterocycles. The second kappa shape index (κ2) is 12.6. The maximum atomic E-state index is 11.5. The third-order valence-corrected chi connectivity index (χ3v) is 5.07. The minimum absolute atomic E-state index is 0.364. The van der Waals surface area contributed by atoms with Crippen LogP contribution in [0.5, 0.6) is 0 Å². The molecule has 2 rings (SSSR count). The summed E-state index contributed by atoms with van der Waals surface area (Å²) in [5.41, 5.74) is 6.83. The predicted molar refractivity (Wildman–Crippen MR) is 118 cm³/mol. The van der Waals surface area contributed by atoms with Crippen molar-refractivity contribution >= 4 is 80.9 Å². The van der Waals surface area contributed by atoms with E-state index in [4.69, 9.17) is 57.5 Å². The monoisotopic (exact) mass is 493 g/mol. The van der Waals surface area contributed by atoms with Gasteiger partial charge in [0.1, 0.15) is 5.03 Å². The van der Waals surface area contributed by atoms with Gasteiger partial charge in [0.2, 0.25) is 0 Å². The summed E-state index contributed by atoms with van der Waals surface area (Å²) >= 11 is 23.5. The molecule has 0 aliphatic heterocycles. The molecular weight excluding hydrogens is 480 g/mol. The molecule has 0 radical (unpaired) electrons. The highest BCUT2D eigenvalue weighted by Gasteiger charge is 2.13. The smallest absolute Gasteiger partial charge is 0.300 e. The van der Waals surface area contributed by atoms with E-state index in [9.17, 15) is 14.7 Å². The molecule has 0 aliphatic carbocycles. The molecule has 0 fully saturated rings. The van der Waals surface area contributed by atoms with Crippen LogP contribution in [0.15, 0.2) is 58.6 Å². The Morgan fingerprint density at radius 2 is 1.66 bits per heavy atom. The Kier molecular flexibility index (Phi) is 10.9. The molecule has 29 heavy (non-hydrogen) atoms. The zero-order valence-electron chi connectivity index (χ0n) is 14.6. The molecule has 1 amide bonds. The van der Waals surface area contributed by atoms with E-state index in [1.54, 1.807) is 18.2 Å². The van der Waals surface area contributed by atoms with Gasteiger partial charge in [0, 0.05) is 21.5 Å². The molecule has 154 valence electrons. The number of benzene rings is 2. The molecule has 0 bridgehead atoms. The molecule has 0 saturated heterocycles. The number of hydrogen-bond donors (Lipinski definition) is 3. The van der Waals surface area contributed by atoms with Gasteiger partial charge < -0.3 is 15.2 Å². The largest absolute Gasteiger partial charge is 0.544 e. The number of carboxylic acids is 1. The van der Waals surface area contributed by atoms with E-state index < -0.39 is 21.9 Å². The Bertz CT molecular complexity index is 921. The number of thioether (sulfide) groups is 1. The number of aliphatic carboxylic acids is 1. The fourth-order valence-corrected chi connectivity index (χ4v) is 2.74. The highest BCUT2D eigenvalue weighted by Crippen LogP contribution is 2.19. The molecule has 2 aromatic rings. The van der Waals surface area contributed by atoms with Gasteiger partial charge >= 0.3 is 0 Å². The van der Waals surface area contributed by atoms with E-state index in [-0.39, 0.29) is 0 Å². The van der Waals surface area contributed by atoms with E-state index in [1.807, 2.05) is 24.3 Å². The third kappa shape index (κ3) is 9.92. The molecule has 0 unspecified atom stereocenters. The summed E-state index contributed by atoms with van der Waals surface area (Å²) in [4.78, 5) is 21.8. The summed E-state index contributed by atoms with van der Waals surface area (Å²) in [6.45, 7) is 0. The highest BCUT2D eigenvalue weighted by atomic mass is 35.5. The van der Waals surface area contributed by atoms with Crippen LogP contribution in [0.3, 0.4) is 0 Å². The first-order valence-corrected chi connectivity index (χ1v) is 10.2. The maximum absolute atomic E-state index is 11.5. The molecule has 0 aromatic heterocycles. The lowest BCUT2D eigenvalue weighted by Crippen LogP contribution is -2.43. The molecule has 2 aromatic carbocycles. The molecule has 0 spiro atoms. The second-order valence-electron chi connectivity index (χ2n) is 5.20. The van der Waals surface area contributed by atoms with E-state index in [1.165, 1.54) is 17.8 Å². The van der Waals surface area contributed by atoms with Crippen molar-refractivity contribution in [2.24, 2.45) is 5.73 Å². The van der Waals surface area contributed by atoms with Crippen molar-refractivity contribution in [1.82, 2.24) is 0 Å². The second-order valence-corrected chi connectivity index (χ2v) is 7.87. The van der Waals surface area contributed by atoms with Gasteiger partial charge in [-0.3, -0.25) is 15.9 Å². The van der Waals surface area contributed by atoms with Gasteiger partial charge in [0.05, 0.1) is 11.0 Å². The van der Waals surface area contributed by atoms with Crippen molar-refractivity contribution < 1.29 is 20.1 Å². The van der Waals surface area contributed by atoms with Crippen LogP contribution in [0, 0.1) is 0 Å². The number of nitrogens with one attached hydrogen (secondary N) is 1. The summed E-state index contributed by atoms with van der Waals surface area (Å²) in [6, 6.07) is 13.9. The number of amidine groups is 1. The number of carboxylic acid groups (broad SMARTS) is 1. The van der Waals surface area contributed by atoms with Crippen LogP contribution in [-0.2, 0) is 15.3 Å². The van der Waals surface area contributed by atoms with Gasteiger partial charge in [-0.2, -0.15) is 0 Å². The Balaban J connectivity index is 0.000000308. The van der Waals surface area contributed by atoms with Crippen molar-refractivity contribution in [2.45, 2.75) is 5.75 Å². The number of carbonyl (C=O) groups is 2. The quantitative estimate of drug-likeness (QED) is 0.334. The summed E-state index contributed by atoms with van der Waals surface area (Å²) in [7, 11) is 0. The Hall–Kier alpha value is -1.90. The van der Waals surface area contributed by atoms with E-state index in [2.05, 4.69) is 5.32 Å². The number of anilines is 1. The van der Waals surface area contributed by atoms with Crippen molar-refractivity contribution in [3.8, 4) is 0 Å².